The van der Waals surface area contributed by atoms with Crippen molar-refractivity contribution in [3.8, 4) is 11.5 Å². The first kappa shape index (κ1) is 18.8. The standard InChI is InChI=1S/C19H20N2O5S/c1-3-12-25-15-10-8-14(9-11-15)20-19(22)18-13-21(27(2,23)24)16-6-4-5-7-17(16)26-18/h3-11,18H,1,12-13H2,2H3,(H,20,22). The third-order valence-corrected chi connectivity index (χ3v) is 5.06. The number of nitrogens with zero attached hydrogens (tertiary/aromatic N) is 1. The fourth-order valence-corrected chi connectivity index (χ4v) is 3.58. The number of para-hydroxylation sites is 2. The Morgan fingerprint density at radius 2 is 2.00 bits per heavy atom. The van der Waals surface area contributed by atoms with Gasteiger partial charge in [-0.05, 0) is 36.4 Å². The Morgan fingerprint density at radius 1 is 1.30 bits per heavy atom. The molecule has 142 valence electrons. The zero-order valence-electron chi connectivity index (χ0n) is 14.8. The Hall–Kier alpha value is -3.00. The summed E-state index contributed by atoms with van der Waals surface area (Å²) in [5.74, 6) is 0.569. The van der Waals surface area contributed by atoms with Crippen LogP contribution in [-0.4, -0.2) is 39.8 Å². The van der Waals surface area contributed by atoms with Crippen LogP contribution in [0, 0.1) is 0 Å². The molecule has 1 aliphatic rings. The van der Waals surface area contributed by atoms with Gasteiger partial charge in [0.25, 0.3) is 5.91 Å². The maximum Gasteiger partial charge on any atom is 0.267 e. The second-order valence-corrected chi connectivity index (χ2v) is 7.89. The Morgan fingerprint density at radius 3 is 2.67 bits per heavy atom. The van der Waals surface area contributed by atoms with Crippen molar-refractivity contribution in [2.24, 2.45) is 0 Å². The lowest BCUT2D eigenvalue weighted by Crippen LogP contribution is -2.48. The summed E-state index contributed by atoms with van der Waals surface area (Å²) in [6.45, 7) is 3.88. The molecule has 0 fully saturated rings. The van der Waals surface area contributed by atoms with E-state index in [1.165, 1.54) is 4.31 Å². The van der Waals surface area contributed by atoms with E-state index in [9.17, 15) is 13.2 Å². The Labute approximate surface area is 158 Å². The third kappa shape index (κ3) is 4.40. The number of carbonyl (C=O) groups is 1. The summed E-state index contributed by atoms with van der Waals surface area (Å²) in [6.07, 6.45) is 1.78. The number of carbonyl (C=O) groups excluding carboxylic acids is 1. The lowest BCUT2D eigenvalue weighted by atomic mass is 10.2. The molecule has 1 N–H and O–H groups in total. The summed E-state index contributed by atoms with van der Waals surface area (Å²) in [6, 6.07) is 13.6. The molecular weight excluding hydrogens is 368 g/mol. The van der Waals surface area contributed by atoms with E-state index in [4.69, 9.17) is 9.47 Å². The number of sulfonamides is 1. The molecule has 1 atom stereocenters. The van der Waals surface area contributed by atoms with E-state index in [0.29, 0.717) is 29.5 Å². The molecule has 0 aromatic heterocycles. The Kier molecular flexibility index (Phi) is 5.36. The van der Waals surface area contributed by atoms with Crippen LogP contribution in [0.1, 0.15) is 0 Å². The highest BCUT2D eigenvalue weighted by atomic mass is 32.2. The molecule has 0 saturated carbocycles. The molecule has 8 heteroatoms. The molecule has 7 nitrogen and oxygen atoms in total. The smallest absolute Gasteiger partial charge is 0.267 e. The summed E-state index contributed by atoms with van der Waals surface area (Å²) in [5, 5.41) is 2.74. The quantitative estimate of drug-likeness (QED) is 0.768. The van der Waals surface area contributed by atoms with Crippen LogP contribution < -0.4 is 19.1 Å². The normalized spacial score (nSPS) is 16.0. The predicted octanol–water partition coefficient (Wildman–Crippen LogP) is 2.42. The second-order valence-electron chi connectivity index (χ2n) is 5.98. The van der Waals surface area contributed by atoms with Gasteiger partial charge in [0.1, 0.15) is 18.1 Å². The van der Waals surface area contributed by atoms with Crippen LogP contribution in [0.5, 0.6) is 11.5 Å². The summed E-state index contributed by atoms with van der Waals surface area (Å²) in [5.41, 5.74) is 0.979. The third-order valence-electron chi connectivity index (χ3n) is 3.92. The highest BCUT2D eigenvalue weighted by molar-refractivity contribution is 7.92. The van der Waals surface area contributed by atoms with Gasteiger partial charge in [-0.3, -0.25) is 9.10 Å². The van der Waals surface area contributed by atoms with E-state index in [2.05, 4.69) is 11.9 Å². The van der Waals surface area contributed by atoms with E-state index in [-0.39, 0.29) is 6.54 Å². The van der Waals surface area contributed by atoms with Gasteiger partial charge in [-0.1, -0.05) is 24.8 Å². The number of rotatable bonds is 6. The number of fused-ring (bicyclic) bond motifs is 1. The summed E-state index contributed by atoms with van der Waals surface area (Å²) in [4.78, 5) is 12.6. The number of hydrogen-bond donors (Lipinski definition) is 1. The molecule has 0 bridgehead atoms. The monoisotopic (exact) mass is 388 g/mol. The van der Waals surface area contributed by atoms with E-state index < -0.39 is 22.0 Å². The van der Waals surface area contributed by atoms with Crippen molar-refractivity contribution in [3.63, 3.8) is 0 Å². The average molecular weight is 388 g/mol. The van der Waals surface area contributed by atoms with Crippen LogP contribution in [0.3, 0.4) is 0 Å². The molecule has 1 heterocycles. The van der Waals surface area contributed by atoms with Crippen LogP contribution >= 0.6 is 0 Å². The van der Waals surface area contributed by atoms with Crippen LogP contribution in [-0.2, 0) is 14.8 Å². The van der Waals surface area contributed by atoms with E-state index in [0.717, 1.165) is 6.26 Å². The fourth-order valence-electron chi connectivity index (χ4n) is 2.67. The topological polar surface area (TPSA) is 84.9 Å². The summed E-state index contributed by atoms with van der Waals surface area (Å²) < 4.78 is 36.5. The average Bonchev–Trinajstić information content (AvgIpc) is 2.65. The molecule has 0 saturated heterocycles. The fraction of sp³-hybridized carbons (Fsp3) is 0.211. The van der Waals surface area contributed by atoms with Crippen molar-refractivity contribution >= 4 is 27.3 Å². The van der Waals surface area contributed by atoms with Crippen molar-refractivity contribution in [2.45, 2.75) is 6.10 Å². The zero-order chi connectivity index (χ0) is 19.4. The molecule has 1 aliphatic heterocycles. The molecule has 2 aromatic rings. The van der Waals surface area contributed by atoms with Gasteiger partial charge in [-0.2, -0.15) is 0 Å². The number of ether oxygens (including phenoxy) is 2. The lowest BCUT2D eigenvalue weighted by Gasteiger charge is -2.33. The molecule has 2 aromatic carbocycles. The highest BCUT2D eigenvalue weighted by Crippen LogP contribution is 2.34. The second kappa shape index (κ2) is 7.71. The lowest BCUT2D eigenvalue weighted by molar-refractivity contribution is -0.122. The molecule has 0 aliphatic carbocycles. The van der Waals surface area contributed by atoms with Gasteiger partial charge in [0.2, 0.25) is 10.0 Å². The summed E-state index contributed by atoms with van der Waals surface area (Å²) in [7, 11) is -3.54. The minimum absolute atomic E-state index is 0.0950. The zero-order valence-corrected chi connectivity index (χ0v) is 15.6. The van der Waals surface area contributed by atoms with Gasteiger partial charge in [0.15, 0.2) is 6.10 Å². The van der Waals surface area contributed by atoms with Gasteiger partial charge in [0.05, 0.1) is 18.5 Å². The maximum atomic E-state index is 12.6. The van der Waals surface area contributed by atoms with Gasteiger partial charge in [0, 0.05) is 5.69 Å². The van der Waals surface area contributed by atoms with Crippen LogP contribution in [0.4, 0.5) is 11.4 Å². The number of hydrogen-bond acceptors (Lipinski definition) is 5. The number of benzene rings is 2. The maximum absolute atomic E-state index is 12.6. The van der Waals surface area contributed by atoms with Crippen LogP contribution in [0.2, 0.25) is 0 Å². The molecule has 27 heavy (non-hydrogen) atoms. The van der Waals surface area contributed by atoms with Gasteiger partial charge in [-0.25, -0.2) is 8.42 Å². The molecule has 0 spiro atoms. The number of anilines is 2. The SMILES string of the molecule is C=CCOc1ccc(NC(=O)C2CN(S(C)(=O)=O)c3ccccc3O2)cc1. The van der Waals surface area contributed by atoms with E-state index in [1.807, 2.05) is 0 Å². The molecule has 1 amide bonds. The number of nitrogens with one attached hydrogen (secondary N) is 1. The van der Waals surface area contributed by atoms with Crippen molar-refractivity contribution in [2.75, 3.05) is 29.0 Å². The first-order valence-electron chi connectivity index (χ1n) is 8.26. The van der Waals surface area contributed by atoms with Crippen molar-refractivity contribution < 1.29 is 22.7 Å². The van der Waals surface area contributed by atoms with Gasteiger partial charge in [-0.15, -0.1) is 0 Å². The van der Waals surface area contributed by atoms with Gasteiger partial charge < -0.3 is 14.8 Å². The van der Waals surface area contributed by atoms with Crippen LogP contribution in [0.25, 0.3) is 0 Å². The summed E-state index contributed by atoms with van der Waals surface area (Å²) >= 11 is 0. The number of amides is 1. The predicted molar refractivity (Wildman–Crippen MR) is 104 cm³/mol. The van der Waals surface area contributed by atoms with E-state index in [1.54, 1.807) is 54.6 Å². The minimum atomic E-state index is -3.54. The Balaban J connectivity index is 1.74. The van der Waals surface area contributed by atoms with Gasteiger partial charge >= 0.3 is 0 Å². The molecular formula is C19H20N2O5S. The van der Waals surface area contributed by atoms with Crippen molar-refractivity contribution in [3.05, 3.63) is 61.2 Å². The first-order valence-corrected chi connectivity index (χ1v) is 10.1. The molecule has 0 radical (unpaired) electrons. The van der Waals surface area contributed by atoms with Crippen molar-refractivity contribution in [1.29, 1.82) is 0 Å². The minimum Gasteiger partial charge on any atom is -0.490 e. The Bertz CT molecular complexity index is 941. The first-order chi connectivity index (χ1) is 12.9. The largest absolute Gasteiger partial charge is 0.490 e. The molecule has 3 rings (SSSR count). The van der Waals surface area contributed by atoms with E-state index >= 15 is 0 Å². The van der Waals surface area contributed by atoms with Crippen LogP contribution in [0.15, 0.2) is 61.2 Å². The highest BCUT2D eigenvalue weighted by Gasteiger charge is 2.34. The molecule has 1 unspecified atom stereocenters. The van der Waals surface area contributed by atoms with Crippen molar-refractivity contribution in [1.82, 2.24) is 0 Å².